The van der Waals surface area contributed by atoms with Gasteiger partial charge in [0.15, 0.2) is 0 Å². The van der Waals surface area contributed by atoms with Crippen LogP contribution in [0.1, 0.15) is 0 Å². The zero-order valence-electron chi connectivity index (χ0n) is 12.1. The largest absolute Gasteiger partial charge is 0.497 e. The van der Waals surface area contributed by atoms with Gasteiger partial charge in [-0.25, -0.2) is 0 Å². The molecule has 0 aliphatic rings. The van der Waals surface area contributed by atoms with Gasteiger partial charge in [-0.1, -0.05) is 18.2 Å². The highest BCUT2D eigenvalue weighted by molar-refractivity contribution is 5.86. The summed E-state index contributed by atoms with van der Waals surface area (Å²) in [6.07, 6.45) is 1.74. The minimum Gasteiger partial charge on any atom is -0.497 e. The molecule has 108 valence electrons. The van der Waals surface area contributed by atoms with E-state index in [9.17, 15) is 0 Å². The Balaban J connectivity index is 0.000000774. The van der Waals surface area contributed by atoms with Crippen molar-refractivity contribution in [1.82, 2.24) is 4.98 Å². The molecule has 3 rings (SSSR count). The number of fused-ring (bicyclic) bond motifs is 1. The monoisotopic (exact) mass is 282 g/mol. The molecule has 4 nitrogen and oxygen atoms in total. The average molecular weight is 282 g/mol. The second-order valence-corrected chi connectivity index (χ2v) is 4.11. The zero-order chi connectivity index (χ0) is 15.1. The van der Waals surface area contributed by atoms with Gasteiger partial charge in [0.25, 0.3) is 0 Å². The van der Waals surface area contributed by atoms with E-state index < -0.39 is 0 Å². The molecule has 0 spiro atoms. The molecule has 1 aromatic heterocycles. The summed E-state index contributed by atoms with van der Waals surface area (Å²) < 4.78 is 11.1. The van der Waals surface area contributed by atoms with Crippen molar-refractivity contribution in [2.45, 2.75) is 0 Å². The van der Waals surface area contributed by atoms with Gasteiger partial charge < -0.3 is 15.2 Å². The van der Waals surface area contributed by atoms with E-state index in [1.165, 1.54) is 7.05 Å². The van der Waals surface area contributed by atoms with Gasteiger partial charge in [0, 0.05) is 17.6 Å². The Bertz CT molecular complexity index is 699. The van der Waals surface area contributed by atoms with Crippen molar-refractivity contribution in [3.63, 3.8) is 0 Å². The Labute approximate surface area is 124 Å². The Morgan fingerprint density at radius 2 is 1.67 bits per heavy atom. The topological polar surface area (TPSA) is 57.4 Å². The van der Waals surface area contributed by atoms with E-state index >= 15 is 0 Å². The fourth-order valence-corrected chi connectivity index (χ4v) is 1.93. The number of nitrogens with two attached hydrogens (primary N) is 1. The molecule has 0 saturated heterocycles. The summed E-state index contributed by atoms with van der Waals surface area (Å²) in [5.41, 5.74) is 5.35. The van der Waals surface area contributed by atoms with E-state index in [-0.39, 0.29) is 0 Å². The molecular weight excluding hydrogens is 264 g/mol. The SMILES string of the molecule is CN.COc1ccc2c(Oc3ccccc3)ccnc2c1. The zero-order valence-corrected chi connectivity index (χ0v) is 12.1. The van der Waals surface area contributed by atoms with Crippen LogP contribution < -0.4 is 15.2 Å². The van der Waals surface area contributed by atoms with Gasteiger partial charge in [-0.05, 0) is 37.4 Å². The molecule has 3 aromatic rings. The number of aromatic nitrogens is 1. The van der Waals surface area contributed by atoms with E-state index in [1.807, 2.05) is 54.6 Å². The third-order valence-corrected chi connectivity index (χ3v) is 2.88. The molecule has 4 heteroatoms. The third kappa shape index (κ3) is 3.49. The predicted octanol–water partition coefficient (Wildman–Crippen LogP) is 3.61. The Morgan fingerprint density at radius 3 is 2.38 bits per heavy atom. The van der Waals surface area contributed by atoms with Crippen LogP contribution in [0.2, 0.25) is 0 Å². The Kier molecular flexibility index (Phi) is 5.12. The molecule has 0 amide bonds. The second-order valence-electron chi connectivity index (χ2n) is 4.11. The highest BCUT2D eigenvalue weighted by Crippen LogP contribution is 2.30. The summed E-state index contributed by atoms with van der Waals surface area (Å²) in [5, 5.41) is 0.965. The quantitative estimate of drug-likeness (QED) is 0.797. The summed E-state index contributed by atoms with van der Waals surface area (Å²) >= 11 is 0. The number of methoxy groups -OCH3 is 1. The van der Waals surface area contributed by atoms with Crippen LogP contribution in [0.5, 0.6) is 17.2 Å². The summed E-state index contributed by atoms with van der Waals surface area (Å²) in [6.45, 7) is 0. The lowest BCUT2D eigenvalue weighted by Crippen LogP contribution is -1.89. The average Bonchev–Trinajstić information content (AvgIpc) is 2.57. The van der Waals surface area contributed by atoms with Crippen LogP contribution in [-0.4, -0.2) is 19.1 Å². The molecule has 1 heterocycles. The first-order valence-corrected chi connectivity index (χ1v) is 6.60. The number of hydrogen-bond donors (Lipinski definition) is 1. The minimum atomic E-state index is 0.789. The van der Waals surface area contributed by atoms with Crippen molar-refractivity contribution < 1.29 is 9.47 Å². The molecule has 0 aliphatic carbocycles. The van der Waals surface area contributed by atoms with Crippen molar-refractivity contribution in [2.75, 3.05) is 14.2 Å². The molecular formula is C17H18N2O2. The molecule has 0 aliphatic heterocycles. The maximum Gasteiger partial charge on any atom is 0.138 e. The smallest absolute Gasteiger partial charge is 0.138 e. The molecule has 2 aromatic carbocycles. The second kappa shape index (κ2) is 7.26. The first-order valence-electron chi connectivity index (χ1n) is 6.60. The maximum atomic E-state index is 5.88. The van der Waals surface area contributed by atoms with Gasteiger partial charge in [0.1, 0.15) is 17.2 Å². The molecule has 0 bridgehead atoms. The van der Waals surface area contributed by atoms with Gasteiger partial charge in [-0.2, -0.15) is 0 Å². The summed E-state index contributed by atoms with van der Waals surface area (Å²) in [6, 6.07) is 17.3. The molecule has 0 atom stereocenters. The summed E-state index contributed by atoms with van der Waals surface area (Å²) in [5.74, 6) is 2.39. The maximum absolute atomic E-state index is 5.88. The van der Waals surface area contributed by atoms with Crippen molar-refractivity contribution in [3.8, 4) is 17.2 Å². The Hall–Kier alpha value is -2.59. The number of hydrogen-bond acceptors (Lipinski definition) is 4. The molecule has 2 N–H and O–H groups in total. The minimum absolute atomic E-state index is 0.789. The number of pyridine rings is 1. The molecule has 0 radical (unpaired) electrons. The van der Waals surface area contributed by atoms with E-state index in [0.29, 0.717) is 0 Å². The molecule has 0 unspecified atom stereocenters. The van der Waals surface area contributed by atoms with E-state index in [1.54, 1.807) is 13.3 Å². The van der Waals surface area contributed by atoms with Gasteiger partial charge in [0.05, 0.1) is 12.6 Å². The highest BCUT2D eigenvalue weighted by Gasteiger charge is 2.05. The molecule has 21 heavy (non-hydrogen) atoms. The first kappa shape index (κ1) is 14.8. The summed E-state index contributed by atoms with van der Waals surface area (Å²) in [7, 11) is 3.14. The summed E-state index contributed by atoms with van der Waals surface area (Å²) in [4.78, 5) is 4.33. The number of nitrogens with zero attached hydrogens (tertiary/aromatic N) is 1. The fraction of sp³-hybridized carbons (Fsp3) is 0.118. The third-order valence-electron chi connectivity index (χ3n) is 2.88. The molecule has 0 saturated carbocycles. The van der Waals surface area contributed by atoms with Crippen LogP contribution in [0.3, 0.4) is 0 Å². The fourth-order valence-electron chi connectivity index (χ4n) is 1.93. The van der Waals surface area contributed by atoms with Crippen LogP contribution >= 0.6 is 0 Å². The normalized spacial score (nSPS) is 9.67. The number of rotatable bonds is 3. The van der Waals surface area contributed by atoms with Crippen LogP contribution in [-0.2, 0) is 0 Å². The standard InChI is InChI=1S/C16H13NO2.CH5N/c1-18-13-7-8-14-15(11-13)17-10-9-16(14)19-12-5-3-2-4-6-12;1-2/h2-11H,1H3;2H2,1H3. The predicted molar refractivity (Wildman–Crippen MR) is 84.9 cm³/mol. The van der Waals surface area contributed by atoms with Crippen LogP contribution in [0.15, 0.2) is 60.8 Å². The van der Waals surface area contributed by atoms with Gasteiger partial charge in [-0.15, -0.1) is 0 Å². The number of benzene rings is 2. The van der Waals surface area contributed by atoms with Gasteiger partial charge in [0.2, 0.25) is 0 Å². The Morgan fingerprint density at radius 1 is 0.905 bits per heavy atom. The number of ether oxygens (including phenoxy) is 2. The molecule has 0 fully saturated rings. The first-order chi connectivity index (χ1) is 10.4. The van der Waals surface area contributed by atoms with Crippen LogP contribution in [0, 0.1) is 0 Å². The van der Waals surface area contributed by atoms with Crippen molar-refractivity contribution in [1.29, 1.82) is 0 Å². The highest BCUT2D eigenvalue weighted by atomic mass is 16.5. The lowest BCUT2D eigenvalue weighted by molar-refractivity contribution is 0.415. The van der Waals surface area contributed by atoms with E-state index in [4.69, 9.17) is 9.47 Å². The van der Waals surface area contributed by atoms with Crippen LogP contribution in [0.25, 0.3) is 10.9 Å². The lowest BCUT2D eigenvalue weighted by atomic mass is 10.2. The van der Waals surface area contributed by atoms with Crippen molar-refractivity contribution in [3.05, 3.63) is 60.8 Å². The van der Waals surface area contributed by atoms with Crippen molar-refractivity contribution >= 4 is 10.9 Å². The van der Waals surface area contributed by atoms with E-state index in [2.05, 4.69) is 10.7 Å². The van der Waals surface area contributed by atoms with Crippen LogP contribution in [0.4, 0.5) is 0 Å². The lowest BCUT2D eigenvalue weighted by Gasteiger charge is -2.09. The van der Waals surface area contributed by atoms with Gasteiger partial charge in [-0.3, -0.25) is 4.98 Å². The van der Waals surface area contributed by atoms with Crippen molar-refractivity contribution in [2.24, 2.45) is 5.73 Å². The van der Waals surface area contributed by atoms with E-state index in [0.717, 1.165) is 28.2 Å². The van der Waals surface area contributed by atoms with Gasteiger partial charge >= 0.3 is 0 Å². The number of para-hydroxylation sites is 1.